The fraction of sp³-hybridized carbons (Fsp3) is 0.125. The van der Waals surface area contributed by atoms with Crippen molar-refractivity contribution in [2.75, 3.05) is 0 Å². The number of fused-ring (bicyclic) bond motifs is 1. The van der Waals surface area contributed by atoms with Crippen LogP contribution in [-0.2, 0) is 0 Å². The minimum absolute atomic E-state index is 0.0818. The van der Waals surface area contributed by atoms with Gasteiger partial charge in [-0.25, -0.2) is 0 Å². The van der Waals surface area contributed by atoms with E-state index in [0.29, 0.717) is 5.52 Å². The molecule has 13 heavy (non-hydrogen) atoms. The Morgan fingerprint density at radius 3 is 3.00 bits per heavy atom. The second-order valence-corrected chi connectivity index (χ2v) is 4.59. The van der Waals surface area contributed by atoms with Crippen LogP contribution in [-0.4, -0.2) is 24.4 Å². The molecule has 66 valence electrons. The van der Waals surface area contributed by atoms with E-state index in [0.717, 1.165) is 9.95 Å². The van der Waals surface area contributed by atoms with E-state index >= 15 is 0 Å². The normalized spacial score (nSPS) is 10.5. The van der Waals surface area contributed by atoms with Crippen LogP contribution in [0.25, 0.3) is 9.78 Å². The van der Waals surface area contributed by atoms with E-state index in [2.05, 4.69) is 4.98 Å². The van der Waals surface area contributed by atoms with E-state index in [1.165, 1.54) is 0 Å². The number of hydrogen-bond acceptors (Lipinski definition) is 3. The zero-order valence-corrected chi connectivity index (χ0v) is 8.56. The number of aromatic nitrogens is 1. The molecule has 4 nitrogen and oxygen atoms in total. The number of hydrogen-bond donors (Lipinski definition) is 0. The van der Waals surface area contributed by atoms with E-state index in [-0.39, 0.29) is 25.1 Å². The Bertz CT molecular complexity index is 478. The van der Waals surface area contributed by atoms with Gasteiger partial charge in [-0.05, 0) is 0 Å². The summed E-state index contributed by atoms with van der Waals surface area (Å²) in [7, 11) is 0. The van der Waals surface area contributed by atoms with Gasteiger partial charge in [0.15, 0.2) is 0 Å². The predicted molar refractivity (Wildman–Crippen MR) is 50.1 cm³/mol. The first kappa shape index (κ1) is 8.41. The van der Waals surface area contributed by atoms with Gasteiger partial charge in [-0.2, -0.15) is 0 Å². The summed E-state index contributed by atoms with van der Waals surface area (Å²) < 4.78 is 1.00. The van der Waals surface area contributed by atoms with Gasteiger partial charge in [-0.1, -0.05) is 0 Å². The Labute approximate surface area is 80.1 Å². The molecule has 0 aliphatic carbocycles. The molecule has 2 aromatic rings. The molecule has 0 unspecified atom stereocenters. The molecule has 0 bridgehead atoms. The topological polar surface area (TPSA) is 56.0 Å². The van der Waals surface area contributed by atoms with Gasteiger partial charge in [0, 0.05) is 0 Å². The number of pyridine rings is 1. The Morgan fingerprint density at radius 2 is 2.31 bits per heavy atom. The van der Waals surface area contributed by atoms with Crippen LogP contribution in [0.1, 0.15) is 5.69 Å². The predicted octanol–water partition coefficient (Wildman–Crippen LogP) is 1.51. The molecule has 0 aliphatic rings. The molecule has 0 saturated carbocycles. The maximum atomic E-state index is 10.6. The van der Waals surface area contributed by atoms with Crippen molar-refractivity contribution in [3.8, 4) is 0 Å². The van der Waals surface area contributed by atoms with Crippen molar-refractivity contribution in [2.45, 2.75) is 6.92 Å². The van der Waals surface area contributed by atoms with E-state index in [4.69, 9.17) is 0 Å². The van der Waals surface area contributed by atoms with Gasteiger partial charge in [0.1, 0.15) is 0 Å². The van der Waals surface area contributed by atoms with Gasteiger partial charge in [0.05, 0.1) is 0 Å². The van der Waals surface area contributed by atoms with Crippen LogP contribution < -0.4 is 0 Å². The number of rotatable bonds is 1. The molecule has 0 aromatic carbocycles. The fourth-order valence-corrected chi connectivity index (χ4v) is 2.90. The SMILES string of the molecule is Cc1ccc2[se]cc([N+](=O)[O-])c2n1. The van der Waals surface area contributed by atoms with Crippen molar-refractivity contribution >= 4 is 30.0 Å². The van der Waals surface area contributed by atoms with Crippen molar-refractivity contribution in [1.29, 1.82) is 0 Å². The maximum absolute atomic E-state index is 10.6. The van der Waals surface area contributed by atoms with Gasteiger partial charge < -0.3 is 0 Å². The van der Waals surface area contributed by atoms with Crippen LogP contribution in [0.15, 0.2) is 17.1 Å². The molecule has 0 amide bonds. The van der Waals surface area contributed by atoms with Crippen LogP contribution in [0, 0.1) is 17.0 Å². The average Bonchev–Trinajstić information content (AvgIpc) is 2.46. The first-order valence-corrected chi connectivity index (χ1v) is 5.52. The van der Waals surface area contributed by atoms with Crippen molar-refractivity contribution in [3.63, 3.8) is 0 Å². The molecule has 2 aromatic heterocycles. The zero-order chi connectivity index (χ0) is 9.42. The monoisotopic (exact) mass is 242 g/mol. The third kappa shape index (κ3) is 1.36. The number of aryl methyl sites for hydroxylation is 1. The van der Waals surface area contributed by atoms with Gasteiger partial charge in [-0.15, -0.1) is 0 Å². The zero-order valence-electron chi connectivity index (χ0n) is 6.85. The first-order valence-electron chi connectivity index (χ1n) is 3.68. The third-order valence-electron chi connectivity index (χ3n) is 1.73. The van der Waals surface area contributed by atoms with Crippen molar-refractivity contribution in [2.24, 2.45) is 0 Å². The fourth-order valence-electron chi connectivity index (χ4n) is 1.13. The average molecular weight is 241 g/mol. The molecule has 2 heterocycles. The Morgan fingerprint density at radius 1 is 1.54 bits per heavy atom. The minimum atomic E-state index is -0.361. The van der Waals surface area contributed by atoms with Gasteiger partial charge in [0.25, 0.3) is 0 Å². The Balaban J connectivity index is 2.79. The summed E-state index contributed by atoms with van der Waals surface area (Å²) in [5.74, 6) is 0. The summed E-state index contributed by atoms with van der Waals surface area (Å²) in [5.41, 5.74) is 1.55. The molecule has 2 rings (SSSR count). The summed E-state index contributed by atoms with van der Waals surface area (Å²) in [6.07, 6.45) is 0. The molecular weight excluding hydrogens is 235 g/mol. The molecule has 0 spiro atoms. The van der Waals surface area contributed by atoms with Gasteiger partial charge in [0.2, 0.25) is 0 Å². The second-order valence-electron chi connectivity index (χ2n) is 2.68. The Hall–Kier alpha value is -1.19. The van der Waals surface area contributed by atoms with Crippen molar-refractivity contribution in [1.82, 2.24) is 4.98 Å². The summed E-state index contributed by atoms with van der Waals surface area (Å²) >= 11 is 0.0818. The summed E-state index contributed by atoms with van der Waals surface area (Å²) in [6, 6.07) is 3.81. The summed E-state index contributed by atoms with van der Waals surface area (Å²) in [4.78, 5) is 16.1. The molecule has 0 atom stereocenters. The second kappa shape index (κ2) is 2.94. The number of nitrogens with zero attached hydrogens (tertiary/aromatic N) is 2. The quantitative estimate of drug-likeness (QED) is 0.432. The molecule has 0 N–H and O–H groups in total. The van der Waals surface area contributed by atoms with E-state index in [9.17, 15) is 10.1 Å². The van der Waals surface area contributed by atoms with Gasteiger partial charge in [-0.3, -0.25) is 0 Å². The third-order valence-corrected chi connectivity index (χ3v) is 3.67. The molecule has 0 fully saturated rings. The summed E-state index contributed by atoms with van der Waals surface area (Å²) in [5, 5.41) is 10.6. The molecule has 0 aliphatic heterocycles. The standard InChI is InChI=1S/C8H6N2O2Se/c1-5-2-3-7-8(9-5)6(4-13-7)10(11)12/h2-4H,1H3. The van der Waals surface area contributed by atoms with Crippen LogP contribution in [0.2, 0.25) is 0 Å². The molecule has 5 heteroatoms. The van der Waals surface area contributed by atoms with Crippen molar-refractivity contribution in [3.05, 3.63) is 32.9 Å². The molecular formula is C8H6N2O2Se. The van der Waals surface area contributed by atoms with Crippen LogP contribution in [0.3, 0.4) is 0 Å². The van der Waals surface area contributed by atoms with Crippen LogP contribution in [0.4, 0.5) is 5.69 Å². The van der Waals surface area contributed by atoms with E-state index in [1.54, 1.807) is 4.94 Å². The molecule has 0 radical (unpaired) electrons. The number of nitro groups is 1. The van der Waals surface area contributed by atoms with Crippen LogP contribution >= 0.6 is 0 Å². The van der Waals surface area contributed by atoms with E-state index in [1.807, 2.05) is 19.1 Å². The summed E-state index contributed by atoms with van der Waals surface area (Å²) in [6.45, 7) is 1.84. The van der Waals surface area contributed by atoms with Gasteiger partial charge >= 0.3 is 79.7 Å². The van der Waals surface area contributed by atoms with E-state index < -0.39 is 0 Å². The first-order chi connectivity index (χ1) is 6.18. The van der Waals surface area contributed by atoms with Crippen molar-refractivity contribution < 1.29 is 4.92 Å². The Kier molecular flexibility index (Phi) is 1.90. The molecule has 0 saturated heterocycles. The van der Waals surface area contributed by atoms with Crippen LogP contribution in [0.5, 0.6) is 0 Å².